The topological polar surface area (TPSA) is 35.9 Å². The number of β-amino-alcohol motifs (C(OH)–C–C–N with tert-alkyl or cyclic N) is 1. The van der Waals surface area contributed by atoms with Gasteiger partial charge in [-0.2, -0.15) is 0 Å². The number of hydrogen-bond acceptors (Lipinski definition) is 4. The van der Waals surface area contributed by atoms with Crippen molar-refractivity contribution in [2.45, 2.75) is 6.10 Å². The zero-order chi connectivity index (χ0) is 17.6. The van der Waals surface area contributed by atoms with E-state index in [9.17, 15) is 5.11 Å². The maximum Gasteiger partial charge on any atom is 0.138 e. The first-order chi connectivity index (χ1) is 12.1. The van der Waals surface area contributed by atoms with Gasteiger partial charge in [0.2, 0.25) is 0 Å². The highest BCUT2D eigenvalue weighted by Gasteiger charge is 2.19. The molecule has 0 unspecified atom stereocenters. The first-order valence-electron chi connectivity index (χ1n) is 8.40. The third-order valence-electron chi connectivity index (χ3n) is 4.29. The number of para-hydroxylation sites is 1. The van der Waals surface area contributed by atoms with Crippen LogP contribution in [-0.4, -0.2) is 55.4 Å². The van der Waals surface area contributed by atoms with E-state index in [2.05, 4.69) is 34.1 Å². The van der Waals surface area contributed by atoms with Gasteiger partial charge < -0.3 is 14.7 Å². The Morgan fingerprint density at radius 2 is 1.72 bits per heavy atom. The summed E-state index contributed by atoms with van der Waals surface area (Å²) in [7, 11) is 0. The number of benzene rings is 2. The van der Waals surface area contributed by atoms with Crippen molar-refractivity contribution in [3.63, 3.8) is 0 Å². The first kappa shape index (κ1) is 18.3. The van der Waals surface area contributed by atoms with Crippen molar-refractivity contribution in [2.75, 3.05) is 44.2 Å². The predicted molar refractivity (Wildman–Crippen MR) is 103 cm³/mol. The fourth-order valence-electron chi connectivity index (χ4n) is 2.96. The van der Waals surface area contributed by atoms with Crippen LogP contribution in [0, 0.1) is 0 Å². The average Bonchev–Trinajstić information content (AvgIpc) is 2.62. The summed E-state index contributed by atoms with van der Waals surface area (Å²) >= 11 is 11.9. The predicted octanol–water partition coefficient (Wildman–Crippen LogP) is 3.56. The second kappa shape index (κ2) is 8.77. The molecule has 134 valence electrons. The summed E-state index contributed by atoms with van der Waals surface area (Å²) in [5.41, 5.74) is 1.25. The van der Waals surface area contributed by atoms with Gasteiger partial charge in [0, 0.05) is 43.4 Å². The van der Waals surface area contributed by atoms with E-state index in [0.29, 0.717) is 22.3 Å². The van der Waals surface area contributed by atoms with Gasteiger partial charge in [0.15, 0.2) is 0 Å². The van der Waals surface area contributed by atoms with E-state index in [-0.39, 0.29) is 6.61 Å². The van der Waals surface area contributed by atoms with Gasteiger partial charge in [-0.3, -0.25) is 4.90 Å². The normalized spacial score (nSPS) is 16.7. The lowest BCUT2D eigenvalue weighted by Crippen LogP contribution is -2.49. The lowest BCUT2D eigenvalue weighted by Gasteiger charge is -2.36. The van der Waals surface area contributed by atoms with Crippen LogP contribution >= 0.6 is 23.2 Å². The molecule has 0 spiro atoms. The summed E-state index contributed by atoms with van der Waals surface area (Å²) < 4.78 is 5.61. The van der Waals surface area contributed by atoms with E-state index < -0.39 is 6.10 Å². The van der Waals surface area contributed by atoms with Crippen LogP contribution in [0.2, 0.25) is 10.0 Å². The van der Waals surface area contributed by atoms with Gasteiger partial charge in [0.1, 0.15) is 18.5 Å². The van der Waals surface area contributed by atoms with Crippen molar-refractivity contribution in [1.82, 2.24) is 4.90 Å². The fraction of sp³-hybridized carbons (Fsp3) is 0.368. The summed E-state index contributed by atoms with van der Waals surface area (Å²) in [6, 6.07) is 15.5. The van der Waals surface area contributed by atoms with Crippen molar-refractivity contribution in [2.24, 2.45) is 0 Å². The molecule has 1 heterocycles. The van der Waals surface area contributed by atoms with Crippen molar-refractivity contribution in [1.29, 1.82) is 0 Å². The molecule has 1 atom stereocenters. The van der Waals surface area contributed by atoms with Crippen molar-refractivity contribution in [3.05, 3.63) is 58.6 Å². The van der Waals surface area contributed by atoms with E-state index in [1.165, 1.54) is 5.69 Å². The molecule has 4 nitrogen and oxygen atoms in total. The Balaban J connectivity index is 1.42. The van der Waals surface area contributed by atoms with Crippen LogP contribution in [-0.2, 0) is 0 Å². The lowest BCUT2D eigenvalue weighted by molar-refractivity contribution is 0.0663. The molecular weight excluding hydrogens is 359 g/mol. The van der Waals surface area contributed by atoms with E-state index >= 15 is 0 Å². The number of aliphatic hydroxyl groups excluding tert-OH is 1. The number of aliphatic hydroxyl groups is 1. The molecule has 0 amide bonds. The number of anilines is 1. The molecule has 0 aliphatic carbocycles. The van der Waals surface area contributed by atoms with Crippen LogP contribution in [0.15, 0.2) is 48.5 Å². The van der Waals surface area contributed by atoms with Crippen LogP contribution < -0.4 is 9.64 Å². The molecule has 3 rings (SSSR count). The number of piperazine rings is 1. The third kappa shape index (κ3) is 5.25. The molecule has 2 aromatic rings. The third-order valence-corrected chi connectivity index (χ3v) is 4.82. The second-order valence-electron chi connectivity index (χ2n) is 6.16. The van der Waals surface area contributed by atoms with Gasteiger partial charge in [0.25, 0.3) is 0 Å². The Morgan fingerprint density at radius 3 is 2.40 bits per heavy atom. The number of hydrogen-bond donors (Lipinski definition) is 1. The van der Waals surface area contributed by atoms with Gasteiger partial charge in [-0.25, -0.2) is 0 Å². The van der Waals surface area contributed by atoms with Crippen LogP contribution in [0.3, 0.4) is 0 Å². The van der Waals surface area contributed by atoms with Crippen LogP contribution in [0.1, 0.15) is 0 Å². The smallest absolute Gasteiger partial charge is 0.138 e. The summed E-state index contributed by atoms with van der Waals surface area (Å²) in [6.45, 7) is 4.57. The number of rotatable bonds is 6. The molecule has 2 aromatic carbocycles. The van der Waals surface area contributed by atoms with E-state index in [1.54, 1.807) is 18.2 Å². The highest BCUT2D eigenvalue weighted by Crippen LogP contribution is 2.27. The minimum Gasteiger partial charge on any atom is -0.489 e. The Kier molecular flexibility index (Phi) is 6.43. The molecule has 0 bridgehead atoms. The Bertz CT molecular complexity index is 676. The van der Waals surface area contributed by atoms with Crippen LogP contribution in [0.25, 0.3) is 0 Å². The number of ether oxygens (including phenoxy) is 1. The van der Waals surface area contributed by atoms with Crippen molar-refractivity contribution in [3.8, 4) is 5.75 Å². The van der Waals surface area contributed by atoms with Gasteiger partial charge in [-0.1, -0.05) is 41.4 Å². The van der Waals surface area contributed by atoms with Crippen molar-refractivity contribution >= 4 is 28.9 Å². The largest absolute Gasteiger partial charge is 0.489 e. The molecule has 1 fully saturated rings. The first-order valence-corrected chi connectivity index (χ1v) is 9.15. The van der Waals surface area contributed by atoms with Crippen LogP contribution in [0.4, 0.5) is 5.69 Å². The Hall–Kier alpha value is -1.46. The summed E-state index contributed by atoms with van der Waals surface area (Å²) in [5, 5.41) is 11.3. The zero-order valence-corrected chi connectivity index (χ0v) is 15.5. The molecule has 25 heavy (non-hydrogen) atoms. The van der Waals surface area contributed by atoms with Gasteiger partial charge >= 0.3 is 0 Å². The average molecular weight is 381 g/mol. The highest BCUT2D eigenvalue weighted by atomic mass is 35.5. The van der Waals surface area contributed by atoms with E-state index in [0.717, 1.165) is 26.2 Å². The summed E-state index contributed by atoms with van der Waals surface area (Å²) in [5.74, 6) is 0.541. The molecule has 0 saturated carbocycles. The minimum atomic E-state index is -0.560. The molecular formula is C19H22Cl2N2O2. The SMILES string of the molecule is O[C@H](COc1ccc(Cl)cc1Cl)CN1CCN(c2ccccc2)CC1. The quantitative estimate of drug-likeness (QED) is 0.830. The van der Waals surface area contributed by atoms with E-state index in [4.69, 9.17) is 27.9 Å². The second-order valence-corrected chi connectivity index (χ2v) is 7.01. The minimum absolute atomic E-state index is 0.209. The standard InChI is InChI=1S/C19H22Cl2N2O2/c20-15-6-7-19(18(21)12-15)25-14-17(24)13-22-8-10-23(11-9-22)16-4-2-1-3-5-16/h1-7,12,17,24H,8-11,13-14H2/t17-/m0/s1. The Morgan fingerprint density at radius 1 is 1.00 bits per heavy atom. The van der Waals surface area contributed by atoms with Gasteiger partial charge in [0.05, 0.1) is 5.02 Å². The maximum absolute atomic E-state index is 10.2. The maximum atomic E-state index is 10.2. The van der Waals surface area contributed by atoms with Gasteiger partial charge in [-0.05, 0) is 30.3 Å². The molecule has 1 aliphatic heterocycles. The van der Waals surface area contributed by atoms with Crippen molar-refractivity contribution < 1.29 is 9.84 Å². The molecule has 0 radical (unpaired) electrons. The lowest BCUT2D eigenvalue weighted by atomic mass is 10.2. The fourth-order valence-corrected chi connectivity index (χ4v) is 3.42. The number of nitrogens with zero attached hydrogens (tertiary/aromatic N) is 2. The van der Waals surface area contributed by atoms with E-state index in [1.807, 2.05) is 6.07 Å². The number of halogens is 2. The zero-order valence-electron chi connectivity index (χ0n) is 13.9. The van der Waals surface area contributed by atoms with Crippen LogP contribution in [0.5, 0.6) is 5.75 Å². The molecule has 0 aromatic heterocycles. The monoisotopic (exact) mass is 380 g/mol. The molecule has 1 N–H and O–H groups in total. The molecule has 1 saturated heterocycles. The molecule has 1 aliphatic rings. The van der Waals surface area contributed by atoms with Gasteiger partial charge in [-0.15, -0.1) is 0 Å². The molecule has 6 heteroatoms. The summed E-state index contributed by atoms with van der Waals surface area (Å²) in [4.78, 5) is 4.63. The highest BCUT2D eigenvalue weighted by molar-refractivity contribution is 6.35. The summed E-state index contributed by atoms with van der Waals surface area (Å²) in [6.07, 6.45) is -0.560. The Labute approximate surface area is 158 Å².